The number of carbonyl (C=O) groups excluding carboxylic acids is 3. The molecule has 4 N–H and O–H groups in total. The van der Waals surface area contributed by atoms with Gasteiger partial charge in [0.05, 0.1) is 18.0 Å². The smallest absolute Gasteiger partial charge is 0.407 e. The van der Waals surface area contributed by atoms with Gasteiger partial charge < -0.3 is 30.6 Å². The van der Waals surface area contributed by atoms with Crippen molar-refractivity contribution in [2.75, 3.05) is 12.4 Å². The first-order chi connectivity index (χ1) is 18.9. The summed E-state index contributed by atoms with van der Waals surface area (Å²) < 4.78 is 33.5. The number of ether oxygens (including phenoxy) is 3. The van der Waals surface area contributed by atoms with Crippen molar-refractivity contribution in [3.8, 4) is 0 Å². The molecule has 2 saturated carbocycles. The number of rotatable bonds is 11. The van der Waals surface area contributed by atoms with E-state index in [-0.39, 0.29) is 55.1 Å². The Kier molecular flexibility index (Phi) is 8.78. The number of alkyl halides is 1. The van der Waals surface area contributed by atoms with Gasteiger partial charge in [0.2, 0.25) is 0 Å². The maximum absolute atomic E-state index is 14.9. The third-order valence-electron chi connectivity index (χ3n) is 7.33. The summed E-state index contributed by atoms with van der Waals surface area (Å²) in [5, 5.41) is 14.3. The molecule has 40 heavy (non-hydrogen) atoms. The summed E-state index contributed by atoms with van der Waals surface area (Å²) in [6.07, 6.45) is -0.911. The van der Waals surface area contributed by atoms with Crippen LogP contribution >= 0.6 is 0 Å². The third-order valence-corrected chi connectivity index (χ3v) is 7.33. The molecule has 0 saturated heterocycles. The molecule has 0 radical (unpaired) electrons. The van der Waals surface area contributed by atoms with Gasteiger partial charge in [-0.25, -0.2) is 13.9 Å². The van der Waals surface area contributed by atoms with E-state index in [4.69, 9.17) is 19.9 Å². The first kappa shape index (κ1) is 29.5. The van der Waals surface area contributed by atoms with Crippen LogP contribution in [0.1, 0.15) is 74.2 Å². The van der Waals surface area contributed by atoms with Crippen molar-refractivity contribution in [1.82, 2.24) is 24.9 Å². The number of halogens is 1. The van der Waals surface area contributed by atoms with Crippen LogP contribution in [0, 0.1) is 5.92 Å². The number of hydrogen-bond acceptors (Lipinski definition) is 9. The average Bonchev–Trinajstić information content (AvgIpc) is 3.18. The second kappa shape index (κ2) is 11.9. The molecule has 0 aliphatic heterocycles. The van der Waals surface area contributed by atoms with Crippen molar-refractivity contribution < 1.29 is 33.0 Å². The summed E-state index contributed by atoms with van der Waals surface area (Å²) in [5.41, 5.74) is 6.93. The number of hydrogen-bond donors (Lipinski definition) is 3. The van der Waals surface area contributed by atoms with Crippen LogP contribution in [-0.4, -0.2) is 68.5 Å². The lowest BCUT2D eigenvalue weighted by atomic mass is 10.0. The molecule has 0 unspecified atom stereocenters. The summed E-state index contributed by atoms with van der Waals surface area (Å²) in [4.78, 5) is 37.7. The molecule has 4 rings (SSSR count). The second-order valence-corrected chi connectivity index (χ2v) is 11.2. The molecule has 13 nitrogen and oxygen atoms in total. The summed E-state index contributed by atoms with van der Waals surface area (Å²) in [5.74, 6) is -1.38. The Balaban J connectivity index is 1.50. The van der Waals surface area contributed by atoms with Gasteiger partial charge in [-0.1, -0.05) is 13.8 Å². The fourth-order valence-electron chi connectivity index (χ4n) is 4.50. The zero-order valence-corrected chi connectivity index (χ0v) is 23.5. The minimum atomic E-state index is -1.37. The number of alkyl carbamates (subject to hydrolysis) is 1. The predicted molar refractivity (Wildman–Crippen MR) is 141 cm³/mol. The van der Waals surface area contributed by atoms with Gasteiger partial charge in [0.1, 0.15) is 29.8 Å². The van der Waals surface area contributed by atoms with Gasteiger partial charge in [0.25, 0.3) is 5.91 Å². The molecular formula is C26H38FN7O6. The topological polar surface area (TPSA) is 165 Å². The van der Waals surface area contributed by atoms with E-state index in [0.717, 1.165) is 12.8 Å². The van der Waals surface area contributed by atoms with E-state index in [2.05, 4.69) is 20.8 Å². The lowest BCUT2D eigenvalue weighted by Gasteiger charge is -2.17. The zero-order valence-electron chi connectivity index (χ0n) is 23.5. The maximum Gasteiger partial charge on any atom is 0.407 e. The Morgan fingerprint density at radius 1 is 1.23 bits per heavy atom. The predicted octanol–water partition coefficient (Wildman–Crippen LogP) is 2.36. The van der Waals surface area contributed by atoms with Gasteiger partial charge in [0, 0.05) is 31.7 Å². The Morgan fingerprint density at radius 2 is 1.95 bits per heavy atom. The largest absolute Gasteiger partial charge is 0.443 e. The number of aryl methyl sites for hydroxylation is 1. The van der Waals surface area contributed by atoms with E-state index >= 15 is 0 Å². The minimum Gasteiger partial charge on any atom is -0.443 e. The quantitative estimate of drug-likeness (QED) is 0.348. The number of methoxy groups -OCH3 is 1. The zero-order chi connectivity index (χ0) is 29.2. The highest BCUT2D eigenvalue weighted by Gasteiger charge is 2.43. The highest BCUT2D eigenvalue weighted by molar-refractivity contribution is 6.02. The maximum atomic E-state index is 14.9. The number of nitrogens with one attached hydrogen (secondary N) is 2. The molecule has 0 spiro atoms. The van der Waals surface area contributed by atoms with Gasteiger partial charge in [0.15, 0.2) is 6.73 Å². The number of carbonyl (C=O) groups is 3. The van der Waals surface area contributed by atoms with E-state index in [1.807, 2.05) is 6.92 Å². The fraction of sp³-hybridized carbons (Fsp3) is 0.654. The van der Waals surface area contributed by atoms with Crippen molar-refractivity contribution in [2.24, 2.45) is 18.7 Å². The van der Waals surface area contributed by atoms with Crippen LogP contribution in [0.3, 0.4) is 0 Å². The van der Waals surface area contributed by atoms with Crippen molar-refractivity contribution in [3.05, 3.63) is 29.2 Å². The molecule has 220 valence electrons. The standard InChI is InChI=1S/C26H38FN7O6/c1-14(2)22(28)24(36)39-13-34-21(29-23(35)19-10-16(12-38-5)31-33(19)4)11-18(32-34)15-8-17(27)20(9-15)40-25(37)30-26(3)6-7-26/h10-11,14-15,17,20,22H,6-9,12-13,28H2,1-5H3,(H,29,35)(H,30,37)/t15-,17+,20-,22-/m0/s1. The number of nitrogens with zero attached hydrogens (tertiary/aromatic N) is 4. The molecule has 4 atom stereocenters. The first-order valence-electron chi connectivity index (χ1n) is 13.3. The highest BCUT2D eigenvalue weighted by Crippen LogP contribution is 2.39. The van der Waals surface area contributed by atoms with Crippen LogP contribution < -0.4 is 16.4 Å². The number of nitrogens with two attached hydrogens (primary N) is 1. The molecule has 2 heterocycles. The van der Waals surface area contributed by atoms with Crippen LogP contribution in [0.2, 0.25) is 0 Å². The van der Waals surface area contributed by atoms with E-state index in [9.17, 15) is 18.8 Å². The second-order valence-electron chi connectivity index (χ2n) is 11.2. The molecule has 2 amide bonds. The Hall–Kier alpha value is -3.52. The summed E-state index contributed by atoms with van der Waals surface area (Å²) in [7, 11) is 3.16. The Morgan fingerprint density at radius 3 is 2.60 bits per heavy atom. The molecule has 0 aromatic carbocycles. The monoisotopic (exact) mass is 563 g/mol. The van der Waals surface area contributed by atoms with Crippen LogP contribution in [0.4, 0.5) is 15.0 Å². The molecular weight excluding hydrogens is 525 g/mol. The van der Waals surface area contributed by atoms with Crippen molar-refractivity contribution in [2.45, 2.75) is 89.6 Å². The van der Waals surface area contributed by atoms with Crippen LogP contribution in [0.15, 0.2) is 12.1 Å². The molecule has 0 bridgehead atoms. The van der Waals surface area contributed by atoms with Gasteiger partial charge in [-0.15, -0.1) is 0 Å². The van der Waals surface area contributed by atoms with E-state index in [0.29, 0.717) is 11.4 Å². The van der Waals surface area contributed by atoms with Crippen molar-refractivity contribution in [1.29, 1.82) is 0 Å². The van der Waals surface area contributed by atoms with Gasteiger partial charge in [-0.05, 0) is 44.6 Å². The van der Waals surface area contributed by atoms with E-state index in [1.54, 1.807) is 33.0 Å². The van der Waals surface area contributed by atoms with Crippen molar-refractivity contribution in [3.63, 3.8) is 0 Å². The van der Waals surface area contributed by atoms with Gasteiger partial charge in [-0.3, -0.25) is 14.3 Å². The molecule has 2 aromatic heterocycles. The van der Waals surface area contributed by atoms with Gasteiger partial charge >= 0.3 is 12.1 Å². The molecule has 2 aliphatic carbocycles. The SMILES string of the molecule is COCc1cc(C(=O)Nc2cc([C@H]3C[C@@H](F)[C@@H](OC(=O)NC4(C)CC4)C3)nn2COC(=O)[C@@H](N)C(C)C)n(C)n1. The summed E-state index contributed by atoms with van der Waals surface area (Å²) in [6, 6.07) is 2.37. The third kappa shape index (κ3) is 6.97. The van der Waals surface area contributed by atoms with E-state index in [1.165, 1.54) is 16.5 Å². The normalized spacial score (nSPS) is 22.1. The lowest BCUT2D eigenvalue weighted by molar-refractivity contribution is -0.150. The summed E-state index contributed by atoms with van der Waals surface area (Å²) in [6.45, 7) is 5.43. The number of esters is 1. The highest BCUT2D eigenvalue weighted by atomic mass is 19.1. The van der Waals surface area contributed by atoms with Gasteiger partial charge in [-0.2, -0.15) is 10.2 Å². The van der Waals surface area contributed by atoms with Crippen LogP contribution in [-0.2, 0) is 39.4 Å². The fourth-order valence-corrected chi connectivity index (χ4v) is 4.50. The lowest BCUT2D eigenvalue weighted by Crippen LogP contribution is -2.38. The summed E-state index contributed by atoms with van der Waals surface area (Å²) >= 11 is 0. The average molecular weight is 564 g/mol. The minimum absolute atomic E-state index is 0.0831. The van der Waals surface area contributed by atoms with Crippen LogP contribution in [0.5, 0.6) is 0 Å². The molecule has 2 aliphatic rings. The first-order valence-corrected chi connectivity index (χ1v) is 13.3. The molecule has 2 aromatic rings. The Bertz CT molecular complexity index is 1240. The van der Waals surface area contributed by atoms with E-state index < -0.39 is 36.3 Å². The number of aromatic nitrogens is 4. The number of amides is 2. The van der Waals surface area contributed by atoms with Crippen molar-refractivity contribution >= 4 is 23.8 Å². The van der Waals surface area contributed by atoms with Crippen LogP contribution in [0.25, 0.3) is 0 Å². The Labute approximate surface area is 231 Å². The molecule has 14 heteroatoms. The number of anilines is 1. The molecule has 2 fully saturated rings.